The van der Waals surface area contributed by atoms with Crippen LogP contribution in [-0.4, -0.2) is 19.6 Å². The van der Waals surface area contributed by atoms with E-state index in [4.69, 9.17) is 9.47 Å². The Labute approximate surface area is 140 Å². The van der Waals surface area contributed by atoms with Crippen LogP contribution in [0.3, 0.4) is 0 Å². The maximum atomic E-state index is 13.8. The van der Waals surface area contributed by atoms with E-state index in [9.17, 15) is 9.18 Å². The molecule has 0 radical (unpaired) electrons. The molecule has 0 aliphatic heterocycles. The fourth-order valence-electron chi connectivity index (χ4n) is 2.26. The van der Waals surface area contributed by atoms with Crippen molar-refractivity contribution in [2.75, 3.05) is 13.7 Å². The van der Waals surface area contributed by atoms with Gasteiger partial charge in [0.15, 0.2) is 11.5 Å². The minimum atomic E-state index is -0.457. The van der Waals surface area contributed by atoms with Crippen LogP contribution in [0.15, 0.2) is 55.1 Å². The van der Waals surface area contributed by atoms with Gasteiger partial charge in [0.05, 0.1) is 13.2 Å². The van der Waals surface area contributed by atoms with Crippen molar-refractivity contribution in [3.05, 3.63) is 72.1 Å². The quantitative estimate of drug-likeness (QED) is 0.784. The third-order valence-electron chi connectivity index (χ3n) is 3.50. The molecule has 0 aromatic heterocycles. The fraction of sp³-hybridized carbons (Fsp3) is 0.211. The normalized spacial score (nSPS) is 11.5. The Morgan fingerprint density at radius 2 is 2.04 bits per heavy atom. The molecule has 0 heterocycles. The summed E-state index contributed by atoms with van der Waals surface area (Å²) in [5.41, 5.74) is 0.838. The number of rotatable bonds is 7. The largest absolute Gasteiger partial charge is 0.493 e. The van der Waals surface area contributed by atoms with E-state index in [-0.39, 0.29) is 11.7 Å². The molecule has 0 spiro atoms. The molecule has 4 nitrogen and oxygen atoms in total. The summed E-state index contributed by atoms with van der Waals surface area (Å²) < 4.78 is 24.5. The van der Waals surface area contributed by atoms with E-state index >= 15 is 0 Å². The number of carbonyl (C=O) groups excluding carboxylic acids is 1. The molecule has 126 valence electrons. The third-order valence-corrected chi connectivity index (χ3v) is 3.50. The van der Waals surface area contributed by atoms with Crippen molar-refractivity contribution in [3.63, 3.8) is 0 Å². The Morgan fingerprint density at radius 3 is 2.71 bits per heavy atom. The topological polar surface area (TPSA) is 47.6 Å². The van der Waals surface area contributed by atoms with Gasteiger partial charge >= 0.3 is 0 Å². The lowest BCUT2D eigenvalue weighted by Gasteiger charge is -2.16. The highest BCUT2D eigenvalue weighted by Crippen LogP contribution is 2.28. The van der Waals surface area contributed by atoms with Crippen molar-refractivity contribution in [2.45, 2.75) is 13.0 Å². The lowest BCUT2D eigenvalue weighted by molar-refractivity contribution is 0.0939. The van der Waals surface area contributed by atoms with Gasteiger partial charge in [0.25, 0.3) is 5.91 Å². The molecule has 0 saturated carbocycles. The van der Waals surface area contributed by atoms with Crippen LogP contribution in [0.25, 0.3) is 0 Å². The number of hydrogen-bond donors (Lipinski definition) is 1. The zero-order valence-electron chi connectivity index (χ0n) is 13.7. The first-order chi connectivity index (χ1) is 11.6. The van der Waals surface area contributed by atoms with Crippen LogP contribution in [0.1, 0.15) is 28.9 Å². The number of halogens is 1. The first kappa shape index (κ1) is 17.5. The molecule has 2 rings (SSSR count). The van der Waals surface area contributed by atoms with E-state index in [1.807, 2.05) is 0 Å². The van der Waals surface area contributed by atoms with Gasteiger partial charge in [-0.3, -0.25) is 4.79 Å². The van der Waals surface area contributed by atoms with Crippen molar-refractivity contribution in [1.82, 2.24) is 5.32 Å². The van der Waals surface area contributed by atoms with Crippen molar-refractivity contribution >= 4 is 5.91 Å². The molecule has 5 heteroatoms. The Kier molecular flexibility index (Phi) is 5.95. The minimum absolute atomic E-state index is 0.320. The van der Waals surface area contributed by atoms with Gasteiger partial charge in [-0.05, 0) is 31.2 Å². The van der Waals surface area contributed by atoms with Gasteiger partial charge in [-0.15, -0.1) is 0 Å². The molecule has 2 aromatic rings. The number of nitrogens with one attached hydrogen (secondary N) is 1. The maximum Gasteiger partial charge on any atom is 0.251 e. The van der Waals surface area contributed by atoms with E-state index in [2.05, 4.69) is 11.9 Å². The summed E-state index contributed by atoms with van der Waals surface area (Å²) >= 11 is 0. The summed E-state index contributed by atoms with van der Waals surface area (Å²) in [6, 6.07) is 10.8. The Morgan fingerprint density at radius 1 is 1.29 bits per heavy atom. The van der Waals surface area contributed by atoms with Gasteiger partial charge < -0.3 is 14.8 Å². The molecule has 0 saturated heterocycles. The second kappa shape index (κ2) is 8.15. The van der Waals surface area contributed by atoms with Crippen molar-refractivity contribution < 1.29 is 18.7 Å². The number of hydrogen-bond acceptors (Lipinski definition) is 3. The number of carbonyl (C=O) groups is 1. The van der Waals surface area contributed by atoms with Gasteiger partial charge in [0.2, 0.25) is 0 Å². The van der Waals surface area contributed by atoms with E-state index in [0.29, 0.717) is 29.2 Å². The highest BCUT2D eigenvalue weighted by atomic mass is 19.1. The fourth-order valence-corrected chi connectivity index (χ4v) is 2.26. The molecule has 2 aromatic carbocycles. The summed E-state index contributed by atoms with van der Waals surface area (Å²) in [4.78, 5) is 12.4. The molecule has 1 unspecified atom stereocenters. The van der Waals surface area contributed by atoms with Gasteiger partial charge in [-0.25, -0.2) is 4.39 Å². The molecular weight excluding hydrogens is 309 g/mol. The summed E-state index contributed by atoms with van der Waals surface area (Å²) in [6.45, 7) is 5.66. The molecule has 0 aliphatic carbocycles. The van der Waals surface area contributed by atoms with Crippen LogP contribution in [0.4, 0.5) is 4.39 Å². The molecule has 0 aliphatic rings. The maximum absolute atomic E-state index is 13.8. The smallest absolute Gasteiger partial charge is 0.251 e. The van der Waals surface area contributed by atoms with Gasteiger partial charge in [0.1, 0.15) is 12.4 Å². The summed E-state index contributed by atoms with van der Waals surface area (Å²) in [5, 5.41) is 2.78. The Balaban J connectivity index is 2.14. The van der Waals surface area contributed by atoms with Crippen LogP contribution in [0.5, 0.6) is 11.5 Å². The highest BCUT2D eigenvalue weighted by molar-refractivity contribution is 5.95. The lowest BCUT2D eigenvalue weighted by atomic mass is 10.1. The Hall–Kier alpha value is -2.82. The molecule has 1 atom stereocenters. The van der Waals surface area contributed by atoms with Gasteiger partial charge in [-0.1, -0.05) is 30.9 Å². The molecule has 24 heavy (non-hydrogen) atoms. The second-order valence-electron chi connectivity index (χ2n) is 5.18. The number of benzene rings is 2. The zero-order chi connectivity index (χ0) is 17.5. The van der Waals surface area contributed by atoms with E-state index < -0.39 is 6.04 Å². The molecule has 0 fully saturated rings. The monoisotopic (exact) mass is 329 g/mol. The van der Waals surface area contributed by atoms with Crippen molar-refractivity contribution in [3.8, 4) is 11.5 Å². The first-order valence-corrected chi connectivity index (χ1v) is 7.53. The van der Waals surface area contributed by atoms with Crippen LogP contribution in [0, 0.1) is 5.82 Å². The van der Waals surface area contributed by atoms with Gasteiger partial charge in [-0.2, -0.15) is 0 Å². The third kappa shape index (κ3) is 4.13. The summed E-state index contributed by atoms with van der Waals surface area (Å²) in [7, 11) is 1.50. The number of ether oxygens (including phenoxy) is 2. The van der Waals surface area contributed by atoms with E-state index in [1.54, 1.807) is 49.4 Å². The SMILES string of the molecule is C=CCOc1ccc(C(=O)NC(C)c2ccccc2F)cc1OC. The van der Waals surface area contributed by atoms with Crippen molar-refractivity contribution in [2.24, 2.45) is 0 Å². The van der Waals surface area contributed by atoms with Gasteiger partial charge in [0, 0.05) is 11.1 Å². The van der Waals surface area contributed by atoms with Crippen LogP contribution in [0.2, 0.25) is 0 Å². The predicted molar refractivity (Wildman–Crippen MR) is 91.0 cm³/mol. The number of amides is 1. The number of methoxy groups -OCH3 is 1. The standard InChI is InChI=1S/C19H20FNO3/c1-4-11-24-17-10-9-14(12-18(17)23-3)19(22)21-13(2)15-7-5-6-8-16(15)20/h4-10,12-13H,1,11H2,2-3H3,(H,21,22). The highest BCUT2D eigenvalue weighted by Gasteiger charge is 2.16. The molecule has 0 bridgehead atoms. The second-order valence-corrected chi connectivity index (χ2v) is 5.18. The summed E-state index contributed by atoms with van der Waals surface area (Å²) in [6.07, 6.45) is 1.62. The Bertz CT molecular complexity index is 730. The molecule has 1 N–H and O–H groups in total. The average molecular weight is 329 g/mol. The average Bonchev–Trinajstić information content (AvgIpc) is 2.59. The predicted octanol–water partition coefficient (Wildman–Crippen LogP) is 3.89. The van der Waals surface area contributed by atoms with Crippen LogP contribution >= 0.6 is 0 Å². The zero-order valence-corrected chi connectivity index (χ0v) is 13.7. The summed E-state index contributed by atoms with van der Waals surface area (Å²) in [5.74, 6) is 0.300. The van der Waals surface area contributed by atoms with Crippen molar-refractivity contribution in [1.29, 1.82) is 0 Å². The van der Waals surface area contributed by atoms with E-state index in [0.717, 1.165) is 0 Å². The van der Waals surface area contributed by atoms with Crippen LogP contribution < -0.4 is 14.8 Å². The minimum Gasteiger partial charge on any atom is -0.493 e. The van der Waals surface area contributed by atoms with E-state index in [1.165, 1.54) is 13.2 Å². The molecule has 1 amide bonds. The first-order valence-electron chi connectivity index (χ1n) is 7.53. The van der Waals surface area contributed by atoms with Crippen LogP contribution in [-0.2, 0) is 0 Å². The lowest BCUT2D eigenvalue weighted by Crippen LogP contribution is -2.27. The molecular formula is C19H20FNO3.